The summed E-state index contributed by atoms with van der Waals surface area (Å²) in [5, 5.41) is 11.0. The predicted octanol–water partition coefficient (Wildman–Crippen LogP) is 4.80. The van der Waals surface area contributed by atoms with Crippen molar-refractivity contribution >= 4 is 27.6 Å². The van der Waals surface area contributed by atoms with Crippen molar-refractivity contribution in [1.82, 2.24) is 35.5 Å². The second-order valence-electron chi connectivity index (χ2n) is 8.95. The third-order valence-electron chi connectivity index (χ3n) is 6.60. The minimum Gasteiger partial charge on any atom is -0.370 e. The molecule has 178 valence electrons. The fourth-order valence-electron chi connectivity index (χ4n) is 4.85. The van der Waals surface area contributed by atoms with Gasteiger partial charge in [-0.2, -0.15) is 5.10 Å². The van der Waals surface area contributed by atoms with E-state index in [1.807, 2.05) is 25.1 Å². The van der Waals surface area contributed by atoms with Crippen molar-refractivity contribution in [3.05, 3.63) is 54.2 Å². The molecule has 5 aromatic rings. The van der Waals surface area contributed by atoms with Crippen LogP contribution in [0.3, 0.4) is 0 Å². The van der Waals surface area contributed by atoms with Crippen LogP contribution in [0.15, 0.2) is 42.9 Å². The van der Waals surface area contributed by atoms with Crippen molar-refractivity contribution in [3.8, 4) is 22.8 Å². The molecule has 0 aliphatic carbocycles. The van der Waals surface area contributed by atoms with Crippen molar-refractivity contribution in [2.24, 2.45) is 0 Å². The molecule has 0 spiro atoms. The number of nitrogens with zero attached hydrogens (tertiary/aromatic N) is 5. The summed E-state index contributed by atoms with van der Waals surface area (Å²) in [4.78, 5) is 19.3. The maximum absolute atomic E-state index is 15.9. The SMILES string of the molecule is CCNCc1cncc(-c2ncc3[nH]nc(-c4nc5c(N6CCCCC6)cccc5[nH]4)c3c2F)c1. The number of rotatable bonds is 6. The summed E-state index contributed by atoms with van der Waals surface area (Å²) in [6.45, 7) is 5.60. The lowest BCUT2D eigenvalue weighted by Crippen LogP contribution is -2.29. The van der Waals surface area contributed by atoms with Crippen LogP contribution in [-0.4, -0.2) is 49.8 Å². The van der Waals surface area contributed by atoms with E-state index < -0.39 is 5.82 Å². The highest BCUT2D eigenvalue weighted by molar-refractivity contribution is 5.97. The summed E-state index contributed by atoms with van der Waals surface area (Å²) in [6.07, 6.45) is 8.66. The number of aromatic nitrogens is 6. The van der Waals surface area contributed by atoms with Crippen LogP contribution in [0.1, 0.15) is 31.7 Å². The summed E-state index contributed by atoms with van der Waals surface area (Å²) in [6, 6.07) is 8.06. The highest BCUT2D eigenvalue weighted by Crippen LogP contribution is 2.34. The Morgan fingerprint density at radius 3 is 2.80 bits per heavy atom. The highest BCUT2D eigenvalue weighted by Gasteiger charge is 2.22. The Labute approximate surface area is 202 Å². The number of aromatic amines is 2. The van der Waals surface area contributed by atoms with E-state index in [4.69, 9.17) is 4.98 Å². The molecule has 1 saturated heterocycles. The second-order valence-corrected chi connectivity index (χ2v) is 8.95. The normalized spacial score (nSPS) is 14.3. The Kier molecular flexibility index (Phi) is 5.61. The quantitative estimate of drug-likeness (QED) is 0.330. The zero-order chi connectivity index (χ0) is 23.8. The van der Waals surface area contributed by atoms with E-state index in [1.54, 1.807) is 18.6 Å². The summed E-state index contributed by atoms with van der Waals surface area (Å²) >= 11 is 0. The Balaban J connectivity index is 1.44. The molecule has 3 N–H and O–H groups in total. The molecular weight excluding hydrogens is 443 g/mol. The fourth-order valence-corrected chi connectivity index (χ4v) is 4.85. The lowest BCUT2D eigenvalue weighted by molar-refractivity contribution is 0.579. The third-order valence-corrected chi connectivity index (χ3v) is 6.60. The molecule has 0 saturated carbocycles. The van der Waals surface area contributed by atoms with Crippen molar-refractivity contribution in [2.75, 3.05) is 24.5 Å². The van der Waals surface area contributed by atoms with Gasteiger partial charge in [0.05, 0.1) is 28.3 Å². The molecule has 1 aliphatic rings. The number of halogens is 1. The average molecular weight is 471 g/mol. The largest absolute Gasteiger partial charge is 0.370 e. The van der Waals surface area contributed by atoms with Crippen LogP contribution >= 0.6 is 0 Å². The van der Waals surface area contributed by atoms with Crippen LogP contribution < -0.4 is 10.2 Å². The van der Waals surface area contributed by atoms with Crippen LogP contribution in [0, 0.1) is 5.82 Å². The van der Waals surface area contributed by atoms with E-state index in [0.717, 1.165) is 41.9 Å². The zero-order valence-electron chi connectivity index (χ0n) is 19.6. The number of nitrogens with one attached hydrogen (secondary N) is 3. The Bertz CT molecular complexity index is 1500. The van der Waals surface area contributed by atoms with E-state index >= 15 is 4.39 Å². The van der Waals surface area contributed by atoms with Gasteiger partial charge in [-0.3, -0.25) is 15.1 Å². The van der Waals surface area contributed by atoms with E-state index in [2.05, 4.69) is 41.4 Å². The van der Waals surface area contributed by atoms with E-state index in [0.29, 0.717) is 34.5 Å². The summed E-state index contributed by atoms with van der Waals surface area (Å²) in [5.41, 5.74) is 5.72. The first kappa shape index (κ1) is 21.7. The Morgan fingerprint density at radius 1 is 1.06 bits per heavy atom. The standard InChI is InChI=1S/C26H27FN8/c1-2-28-12-16-11-17(14-29-13-16)23-22(27)21-19(15-30-23)33-34-25(21)26-31-18-7-6-8-20(24(18)32-26)35-9-4-3-5-10-35/h6-8,11,13-15,28H,2-5,9-10,12H2,1H3,(H,31,32)(H,33,34). The molecule has 9 heteroatoms. The monoisotopic (exact) mass is 470 g/mol. The highest BCUT2D eigenvalue weighted by atomic mass is 19.1. The number of anilines is 1. The molecule has 1 aromatic carbocycles. The molecule has 0 unspecified atom stereocenters. The van der Waals surface area contributed by atoms with Crippen LogP contribution in [0.25, 0.3) is 44.7 Å². The number of pyridine rings is 2. The van der Waals surface area contributed by atoms with Gasteiger partial charge in [0.2, 0.25) is 0 Å². The van der Waals surface area contributed by atoms with Crippen molar-refractivity contribution in [1.29, 1.82) is 0 Å². The minimum absolute atomic E-state index is 0.246. The summed E-state index contributed by atoms with van der Waals surface area (Å²) in [7, 11) is 0. The van der Waals surface area contributed by atoms with Gasteiger partial charge in [0.1, 0.15) is 16.9 Å². The number of para-hydroxylation sites is 1. The first-order chi connectivity index (χ1) is 17.2. The molecule has 8 nitrogen and oxygen atoms in total. The third kappa shape index (κ3) is 3.91. The molecule has 0 atom stereocenters. The van der Waals surface area contributed by atoms with Crippen LogP contribution in [0.5, 0.6) is 0 Å². The first-order valence-corrected chi connectivity index (χ1v) is 12.1. The number of H-pyrrole nitrogens is 2. The van der Waals surface area contributed by atoms with E-state index in [9.17, 15) is 0 Å². The van der Waals surface area contributed by atoms with Crippen LogP contribution in [0.4, 0.5) is 10.1 Å². The van der Waals surface area contributed by atoms with Crippen LogP contribution in [-0.2, 0) is 6.54 Å². The van der Waals surface area contributed by atoms with Gasteiger partial charge < -0.3 is 15.2 Å². The van der Waals surface area contributed by atoms with Crippen molar-refractivity contribution in [2.45, 2.75) is 32.7 Å². The zero-order valence-corrected chi connectivity index (χ0v) is 19.6. The van der Waals surface area contributed by atoms with Gasteiger partial charge in [-0.25, -0.2) is 9.37 Å². The van der Waals surface area contributed by atoms with Crippen molar-refractivity contribution in [3.63, 3.8) is 0 Å². The van der Waals surface area contributed by atoms with Gasteiger partial charge in [0.15, 0.2) is 11.6 Å². The number of imidazole rings is 1. The van der Waals surface area contributed by atoms with E-state index in [1.165, 1.54) is 19.3 Å². The van der Waals surface area contributed by atoms with Crippen LogP contribution in [0.2, 0.25) is 0 Å². The maximum Gasteiger partial charge on any atom is 0.161 e. The number of hydrogen-bond acceptors (Lipinski definition) is 6. The molecule has 35 heavy (non-hydrogen) atoms. The summed E-state index contributed by atoms with van der Waals surface area (Å²) < 4.78 is 15.9. The van der Waals surface area contributed by atoms with Gasteiger partial charge in [-0.05, 0) is 49.6 Å². The first-order valence-electron chi connectivity index (χ1n) is 12.1. The molecule has 5 heterocycles. The minimum atomic E-state index is -0.439. The Morgan fingerprint density at radius 2 is 1.94 bits per heavy atom. The van der Waals surface area contributed by atoms with Gasteiger partial charge >= 0.3 is 0 Å². The average Bonchev–Trinajstić information content (AvgIpc) is 3.53. The number of benzene rings is 1. The fraction of sp³-hybridized carbons (Fsp3) is 0.308. The molecule has 0 amide bonds. The van der Waals surface area contributed by atoms with Gasteiger partial charge in [-0.1, -0.05) is 13.0 Å². The summed E-state index contributed by atoms with van der Waals surface area (Å²) in [5.74, 6) is 0.0936. The maximum atomic E-state index is 15.9. The number of hydrogen-bond donors (Lipinski definition) is 3. The lowest BCUT2D eigenvalue weighted by Gasteiger charge is -2.28. The molecule has 0 radical (unpaired) electrons. The molecule has 1 aliphatic heterocycles. The molecule has 1 fully saturated rings. The predicted molar refractivity (Wildman–Crippen MR) is 136 cm³/mol. The molecule has 0 bridgehead atoms. The lowest BCUT2D eigenvalue weighted by atomic mass is 10.1. The molecular formula is C26H27FN8. The Hall–Kier alpha value is -3.85. The van der Waals surface area contributed by atoms with Gasteiger partial charge in [-0.15, -0.1) is 0 Å². The van der Waals surface area contributed by atoms with E-state index in [-0.39, 0.29) is 5.69 Å². The molecule has 4 aromatic heterocycles. The second kappa shape index (κ2) is 9.07. The number of fused-ring (bicyclic) bond motifs is 2. The topological polar surface area (TPSA) is 98.4 Å². The van der Waals surface area contributed by atoms with Gasteiger partial charge in [0.25, 0.3) is 0 Å². The smallest absolute Gasteiger partial charge is 0.161 e. The van der Waals surface area contributed by atoms with Gasteiger partial charge in [0, 0.05) is 37.6 Å². The molecule has 6 rings (SSSR count). The van der Waals surface area contributed by atoms with Crippen molar-refractivity contribution < 1.29 is 4.39 Å². The number of piperidine rings is 1.